The van der Waals surface area contributed by atoms with Crippen LogP contribution in [0.3, 0.4) is 0 Å². The summed E-state index contributed by atoms with van der Waals surface area (Å²) in [5, 5.41) is 3.22. The van der Waals surface area contributed by atoms with Crippen molar-refractivity contribution in [3.8, 4) is 0 Å². The first-order valence-electron chi connectivity index (χ1n) is 9.83. The van der Waals surface area contributed by atoms with Crippen molar-refractivity contribution in [3.05, 3.63) is 59.5 Å². The summed E-state index contributed by atoms with van der Waals surface area (Å²) in [5.41, 5.74) is 2.23. The predicted octanol–water partition coefficient (Wildman–Crippen LogP) is 3.54. The van der Waals surface area contributed by atoms with Crippen LogP contribution in [0.25, 0.3) is 0 Å². The summed E-state index contributed by atoms with van der Waals surface area (Å²) in [5.74, 6) is 0.630. The third-order valence-corrected chi connectivity index (χ3v) is 5.83. The second-order valence-electron chi connectivity index (χ2n) is 7.88. The van der Waals surface area contributed by atoms with Crippen molar-refractivity contribution in [2.75, 3.05) is 0 Å². The highest BCUT2D eigenvalue weighted by atomic mass is 16.3. The molecule has 3 atom stereocenters. The van der Waals surface area contributed by atoms with Gasteiger partial charge in [0.1, 0.15) is 6.04 Å². The lowest BCUT2D eigenvalue weighted by molar-refractivity contribution is -0.127. The number of hydrogen-bond donors (Lipinski definition) is 1. The first-order chi connectivity index (χ1) is 13.1. The molecule has 4 rings (SSSR count). The van der Waals surface area contributed by atoms with Gasteiger partial charge in [-0.15, -0.1) is 0 Å². The van der Waals surface area contributed by atoms with Gasteiger partial charge in [-0.3, -0.25) is 9.59 Å². The molecular weight excluding hydrogens is 340 g/mol. The van der Waals surface area contributed by atoms with Crippen LogP contribution in [0, 0.1) is 5.92 Å². The highest BCUT2D eigenvalue weighted by Crippen LogP contribution is 2.27. The zero-order chi connectivity index (χ0) is 18.8. The van der Waals surface area contributed by atoms with Crippen LogP contribution in [-0.2, 0) is 17.8 Å². The first kappa shape index (κ1) is 17.8. The molecule has 2 heterocycles. The molecule has 1 aliphatic carbocycles. The summed E-state index contributed by atoms with van der Waals surface area (Å²) >= 11 is 0. The molecular formula is C22H26N2O3. The van der Waals surface area contributed by atoms with Gasteiger partial charge >= 0.3 is 0 Å². The topological polar surface area (TPSA) is 62.6 Å². The van der Waals surface area contributed by atoms with Crippen molar-refractivity contribution < 1.29 is 14.0 Å². The number of nitrogens with zero attached hydrogens (tertiary/aromatic N) is 1. The van der Waals surface area contributed by atoms with Gasteiger partial charge in [0.2, 0.25) is 5.91 Å². The summed E-state index contributed by atoms with van der Waals surface area (Å²) < 4.78 is 5.31. The van der Waals surface area contributed by atoms with Crippen LogP contribution in [0.5, 0.6) is 0 Å². The van der Waals surface area contributed by atoms with E-state index in [9.17, 15) is 9.59 Å². The minimum Gasteiger partial charge on any atom is -0.459 e. The zero-order valence-electron chi connectivity index (χ0n) is 15.7. The lowest BCUT2D eigenvalue weighted by Crippen LogP contribution is -2.54. The quantitative estimate of drug-likeness (QED) is 0.904. The molecule has 142 valence electrons. The fourth-order valence-corrected chi connectivity index (χ4v) is 4.38. The number of amides is 2. The van der Waals surface area contributed by atoms with E-state index in [-0.39, 0.29) is 23.6 Å². The Morgan fingerprint density at radius 2 is 1.93 bits per heavy atom. The van der Waals surface area contributed by atoms with Crippen LogP contribution in [-0.4, -0.2) is 28.8 Å². The summed E-state index contributed by atoms with van der Waals surface area (Å²) in [6, 6.07) is 11.1. The number of carbonyl (C=O) groups excluding carboxylic acids is 2. The third kappa shape index (κ3) is 3.77. The van der Waals surface area contributed by atoms with E-state index in [4.69, 9.17) is 4.42 Å². The minimum absolute atomic E-state index is 0.0523. The molecule has 2 aromatic rings. The maximum atomic E-state index is 13.1. The lowest BCUT2D eigenvalue weighted by atomic mass is 9.86. The van der Waals surface area contributed by atoms with Crippen molar-refractivity contribution in [2.24, 2.45) is 5.92 Å². The van der Waals surface area contributed by atoms with Crippen LogP contribution in [0.15, 0.2) is 47.1 Å². The lowest BCUT2D eigenvalue weighted by Gasteiger charge is -2.37. The van der Waals surface area contributed by atoms with Crippen molar-refractivity contribution in [3.63, 3.8) is 0 Å². The van der Waals surface area contributed by atoms with E-state index in [0.29, 0.717) is 18.9 Å². The monoisotopic (exact) mass is 366 g/mol. The van der Waals surface area contributed by atoms with E-state index in [1.54, 1.807) is 17.0 Å². The molecule has 2 aliphatic rings. The van der Waals surface area contributed by atoms with Crippen LogP contribution >= 0.6 is 0 Å². The average molecular weight is 366 g/mol. The highest BCUT2D eigenvalue weighted by molar-refractivity contribution is 5.96. The predicted molar refractivity (Wildman–Crippen MR) is 102 cm³/mol. The second kappa shape index (κ2) is 7.59. The standard InChI is InChI=1S/C22H26N2O3/c1-15-6-4-9-18(12-15)23-21(25)19-13-16-7-2-3-8-17(16)14-24(19)22(26)20-10-5-11-27-20/h2-3,5,7-8,10-11,15,18-19H,4,6,9,12-14H2,1H3,(H,23,25). The molecule has 1 N–H and O–H groups in total. The number of hydrogen-bond acceptors (Lipinski definition) is 3. The third-order valence-electron chi connectivity index (χ3n) is 5.83. The fourth-order valence-electron chi connectivity index (χ4n) is 4.38. The molecule has 0 radical (unpaired) electrons. The number of carbonyl (C=O) groups is 2. The van der Waals surface area contributed by atoms with Crippen LogP contribution in [0.1, 0.15) is 54.3 Å². The van der Waals surface area contributed by atoms with Crippen molar-refractivity contribution in [2.45, 2.75) is 57.7 Å². The Kier molecular flexibility index (Phi) is 5.01. The van der Waals surface area contributed by atoms with E-state index in [1.807, 2.05) is 24.3 Å². The van der Waals surface area contributed by atoms with E-state index >= 15 is 0 Å². The molecule has 0 bridgehead atoms. The molecule has 0 spiro atoms. The molecule has 5 heteroatoms. The second-order valence-corrected chi connectivity index (χ2v) is 7.88. The van der Waals surface area contributed by atoms with E-state index in [1.165, 1.54) is 12.7 Å². The van der Waals surface area contributed by atoms with Gasteiger partial charge in [0.25, 0.3) is 5.91 Å². The number of furan rings is 1. The minimum atomic E-state index is -0.505. The Morgan fingerprint density at radius 3 is 2.67 bits per heavy atom. The molecule has 27 heavy (non-hydrogen) atoms. The van der Waals surface area contributed by atoms with Gasteiger partial charge in [0.15, 0.2) is 5.76 Å². The Morgan fingerprint density at radius 1 is 1.11 bits per heavy atom. The number of benzene rings is 1. The van der Waals surface area contributed by atoms with Gasteiger partial charge in [-0.2, -0.15) is 0 Å². The number of fused-ring (bicyclic) bond motifs is 1. The Labute approximate surface area is 159 Å². The SMILES string of the molecule is CC1CCCC(NC(=O)C2Cc3ccccc3CN2C(=O)c2ccco2)C1. The molecule has 0 saturated heterocycles. The fraction of sp³-hybridized carbons (Fsp3) is 0.455. The maximum Gasteiger partial charge on any atom is 0.290 e. The smallest absolute Gasteiger partial charge is 0.290 e. The van der Waals surface area contributed by atoms with E-state index < -0.39 is 6.04 Å². The normalized spacial score (nSPS) is 24.9. The Bertz CT molecular complexity index is 815. The van der Waals surface area contributed by atoms with Crippen molar-refractivity contribution >= 4 is 11.8 Å². The Balaban J connectivity index is 1.57. The Hall–Kier alpha value is -2.56. The molecule has 3 unspecified atom stereocenters. The number of nitrogens with one attached hydrogen (secondary N) is 1. The molecule has 5 nitrogen and oxygen atoms in total. The highest BCUT2D eigenvalue weighted by Gasteiger charge is 2.36. The largest absolute Gasteiger partial charge is 0.459 e. The molecule has 1 aliphatic heterocycles. The van der Waals surface area contributed by atoms with Gasteiger partial charge in [0.05, 0.1) is 6.26 Å². The van der Waals surface area contributed by atoms with Crippen molar-refractivity contribution in [1.82, 2.24) is 10.2 Å². The first-order valence-corrected chi connectivity index (χ1v) is 9.83. The van der Waals surface area contributed by atoms with Crippen molar-refractivity contribution in [1.29, 1.82) is 0 Å². The van der Waals surface area contributed by atoms with Crippen LogP contribution < -0.4 is 5.32 Å². The summed E-state index contributed by atoms with van der Waals surface area (Å²) in [4.78, 5) is 27.8. The molecule has 1 aromatic heterocycles. The van der Waals surface area contributed by atoms with Gasteiger partial charge in [0, 0.05) is 19.0 Å². The van der Waals surface area contributed by atoms with Gasteiger partial charge in [-0.1, -0.05) is 44.0 Å². The molecule has 1 saturated carbocycles. The summed E-state index contributed by atoms with van der Waals surface area (Å²) in [6.45, 7) is 2.66. The van der Waals surface area contributed by atoms with E-state index in [0.717, 1.165) is 30.4 Å². The van der Waals surface area contributed by atoms with Crippen LogP contribution in [0.2, 0.25) is 0 Å². The molecule has 1 aromatic carbocycles. The molecule has 1 fully saturated rings. The maximum absolute atomic E-state index is 13.1. The number of rotatable bonds is 3. The average Bonchev–Trinajstić information content (AvgIpc) is 3.21. The summed E-state index contributed by atoms with van der Waals surface area (Å²) in [7, 11) is 0. The van der Waals surface area contributed by atoms with Gasteiger partial charge in [-0.25, -0.2) is 0 Å². The molecule has 2 amide bonds. The summed E-state index contributed by atoms with van der Waals surface area (Å²) in [6.07, 6.45) is 6.44. The van der Waals surface area contributed by atoms with Gasteiger partial charge < -0.3 is 14.6 Å². The van der Waals surface area contributed by atoms with Gasteiger partial charge in [-0.05, 0) is 42.0 Å². The van der Waals surface area contributed by atoms with E-state index in [2.05, 4.69) is 12.2 Å². The zero-order valence-corrected chi connectivity index (χ0v) is 15.7. The van der Waals surface area contributed by atoms with Crippen LogP contribution in [0.4, 0.5) is 0 Å².